The number of ether oxygens (including phenoxy) is 1. The summed E-state index contributed by atoms with van der Waals surface area (Å²) in [6.45, 7) is 3.09. The Morgan fingerprint density at radius 3 is 2.71 bits per heavy atom. The van der Waals surface area contributed by atoms with Gasteiger partial charge in [-0.25, -0.2) is 0 Å². The van der Waals surface area contributed by atoms with Gasteiger partial charge in [0, 0.05) is 16.8 Å². The molecule has 2 heteroatoms. The van der Waals surface area contributed by atoms with Gasteiger partial charge in [0.15, 0.2) is 0 Å². The first-order valence-electron chi connectivity index (χ1n) is 6.58. The number of hydrogen-bond donors (Lipinski definition) is 0. The normalized spacial score (nSPS) is 26.1. The van der Waals surface area contributed by atoms with Gasteiger partial charge < -0.3 is 4.74 Å². The molecule has 1 aliphatic rings. The first-order valence-corrected chi connectivity index (χ1v) is 7.58. The number of hydrogen-bond acceptors (Lipinski definition) is 1. The Labute approximate surface area is 107 Å². The molecule has 1 heterocycles. The second kappa shape index (κ2) is 5.65. The molecule has 0 aliphatic carbocycles. The number of rotatable bonds is 3. The van der Waals surface area contributed by atoms with Crippen molar-refractivity contribution < 1.29 is 4.74 Å². The van der Waals surface area contributed by atoms with E-state index in [4.69, 9.17) is 4.74 Å². The molecule has 1 fully saturated rings. The molecule has 0 aromatic heterocycles. The average Bonchev–Trinajstić information content (AvgIpc) is 2.38. The Balaban J connectivity index is 2.10. The molecular formula is C15H22OSi. The Morgan fingerprint density at radius 2 is 2.12 bits per heavy atom. The first-order chi connectivity index (χ1) is 8.23. The predicted octanol–water partition coefficient (Wildman–Crippen LogP) is 2.74. The van der Waals surface area contributed by atoms with E-state index in [1.807, 2.05) is 0 Å². The average molecular weight is 246 g/mol. The van der Waals surface area contributed by atoms with Gasteiger partial charge in [-0.3, -0.25) is 0 Å². The van der Waals surface area contributed by atoms with E-state index in [2.05, 4.69) is 43.3 Å². The van der Waals surface area contributed by atoms with Crippen LogP contribution in [0.3, 0.4) is 0 Å². The largest absolute Gasteiger partial charge is 0.379 e. The fourth-order valence-corrected chi connectivity index (χ4v) is 3.50. The fourth-order valence-electron chi connectivity index (χ4n) is 2.56. The maximum atomic E-state index is 6.04. The zero-order chi connectivity index (χ0) is 12.1. The summed E-state index contributed by atoms with van der Waals surface area (Å²) in [4.78, 5) is 0. The van der Waals surface area contributed by atoms with Crippen LogP contribution < -0.4 is 0 Å². The zero-order valence-corrected chi connectivity index (χ0v) is 12.9. The summed E-state index contributed by atoms with van der Waals surface area (Å²) in [6.07, 6.45) is 7.13. The smallest absolute Gasteiger partial charge is 0.0525 e. The molecule has 0 spiro atoms. The quantitative estimate of drug-likeness (QED) is 0.745. The second-order valence-electron chi connectivity index (χ2n) is 5.11. The number of allylic oxidation sites excluding steroid dienone is 1. The van der Waals surface area contributed by atoms with Crippen molar-refractivity contribution in [2.24, 2.45) is 0 Å². The highest BCUT2D eigenvalue weighted by Gasteiger charge is 2.28. The Hall–Kier alpha value is -0.863. The molecule has 2 rings (SSSR count). The van der Waals surface area contributed by atoms with Crippen molar-refractivity contribution in [3.05, 3.63) is 42.0 Å². The van der Waals surface area contributed by atoms with Crippen LogP contribution in [0.25, 0.3) is 5.57 Å². The van der Waals surface area contributed by atoms with Gasteiger partial charge >= 0.3 is 0 Å². The zero-order valence-electron chi connectivity index (χ0n) is 10.9. The van der Waals surface area contributed by atoms with E-state index in [0.29, 0.717) is 0 Å². The molecule has 0 bridgehead atoms. The van der Waals surface area contributed by atoms with Crippen LogP contribution in [-0.2, 0) is 4.74 Å². The lowest BCUT2D eigenvalue weighted by molar-refractivity contribution is -0.0136. The highest BCUT2D eigenvalue weighted by atomic mass is 28.1. The lowest BCUT2D eigenvalue weighted by Gasteiger charge is -2.35. The van der Waals surface area contributed by atoms with E-state index in [1.54, 1.807) is 0 Å². The Morgan fingerprint density at radius 1 is 1.35 bits per heavy atom. The van der Waals surface area contributed by atoms with Crippen LogP contribution in [0.2, 0.25) is 0 Å². The predicted molar refractivity (Wildman–Crippen MR) is 77.2 cm³/mol. The van der Waals surface area contributed by atoms with Crippen LogP contribution >= 0.6 is 0 Å². The molecular weight excluding hydrogens is 224 g/mol. The summed E-state index contributed by atoms with van der Waals surface area (Å²) in [5.74, 6) is 0. The highest BCUT2D eigenvalue weighted by Crippen LogP contribution is 2.32. The van der Waals surface area contributed by atoms with E-state index in [-0.39, 0.29) is 5.22 Å². The molecule has 0 radical (unpaired) electrons. The van der Waals surface area contributed by atoms with E-state index < -0.39 is 0 Å². The van der Waals surface area contributed by atoms with Crippen molar-refractivity contribution in [1.82, 2.24) is 0 Å². The monoisotopic (exact) mass is 246 g/mol. The van der Waals surface area contributed by atoms with E-state index in [0.717, 1.165) is 23.3 Å². The summed E-state index contributed by atoms with van der Waals surface area (Å²) >= 11 is 0. The summed E-state index contributed by atoms with van der Waals surface area (Å²) in [6, 6.07) is 10.7. The Kier molecular flexibility index (Phi) is 4.19. The van der Waals surface area contributed by atoms with Gasteiger partial charge in [-0.1, -0.05) is 36.4 Å². The molecule has 17 heavy (non-hydrogen) atoms. The molecule has 1 unspecified atom stereocenters. The van der Waals surface area contributed by atoms with Crippen LogP contribution in [0.15, 0.2) is 36.4 Å². The third-order valence-corrected chi connectivity index (χ3v) is 4.75. The first kappa shape index (κ1) is 12.6. The molecule has 1 atom stereocenters. The van der Waals surface area contributed by atoms with Gasteiger partial charge in [0.2, 0.25) is 0 Å². The van der Waals surface area contributed by atoms with Crippen molar-refractivity contribution in [2.75, 3.05) is 6.61 Å². The molecule has 0 saturated carbocycles. The number of benzene rings is 1. The lowest BCUT2D eigenvalue weighted by atomic mass is 9.95. The maximum Gasteiger partial charge on any atom is 0.0525 e. The van der Waals surface area contributed by atoms with Gasteiger partial charge in [0.1, 0.15) is 0 Å². The molecule has 1 aromatic rings. The summed E-state index contributed by atoms with van der Waals surface area (Å²) < 4.78 is 6.04. The minimum atomic E-state index is 0.177. The third-order valence-electron chi connectivity index (χ3n) is 3.61. The molecule has 1 saturated heterocycles. The van der Waals surface area contributed by atoms with Crippen molar-refractivity contribution in [3.63, 3.8) is 0 Å². The van der Waals surface area contributed by atoms with Crippen LogP contribution in [-0.4, -0.2) is 22.1 Å². The van der Waals surface area contributed by atoms with Crippen LogP contribution in [0.5, 0.6) is 0 Å². The summed E-state index contributed by atoms with van der Waals surface area (Å²) in [7, 11) is 1.12. The standard InChI is InChI=1S/C15H22OSi/c1-2-13(14-8-4-3-5-9-14)12-15(17)10-6-7-11-16-15/h2-5,8-9H,6-7,10-12H2,1,17H3. The van der Waals surface area contributed by atoms with Gasteiger partial charge in [0.25, 0.3) is 0 Å². The second-order valence-corrected chi connectivity index (χ2v) is 6.93. The van der Waals surface area contributed by atoms with Crippen molar-refractivity contribution in [1.29, 1.82) is 0 Å². The molecule has 0 N–H and O–H groups in total. The highest BCUT2D eigenvalue weighted by molar-refractivity contribution is 6.15. The molecule has 1 aliphatic heterocycles. The third kappa shape index (κ3) is 3.30. The van der Waals surface area contributed by atoms with Crippen molar-refractivity contribution in [2.45, 2.75) is 37.8 Å². The minimum Gasteiger partial charge on any atom is -0.379 e. The maximum absolute atomic E-state index is 6.04. The fraction of sp³-hybridized carbons (Fsp3) is 0.467. The topological polar surface area (TPSA) is 9.23 Å². The van der Waals surface area contributed by atoms with Gasteiger partial charge in [-0.15, -0.1) is 0 Å². The van der Waals surface area contributed by atoms with Gasteiger partial charge in [-0.2, -0.15) is 0 Å². The van der Waals surface area contributed by atoms with Crippen molar-refractivity contribution >= 4 is 15.8 Å². The summed E-state index contributed by atoms with van der Waals surface area (Å²) in [5, 5.41) is 0.177. The van der Waals surface area contributed by atoms with Crippen LogP contribution in [0, 0.1) is 0 Å². The van der Waals surface area contributed by atoms with Crippen LogP contribution in [0.4, 0.5) is 0 Å². The molecule has 0 amide bonds. The summed E-state index contributed by atoms with van der Waals surface area (Å²) in [5.41, 5.74) is 2.78. The van der Waals surface area contributed by atoms with Crippen LogP contribution in [0.1, 0.15) is 38.2 Å². The SMILES string of the molecule is CC=C(CC1([SiH3])CCCCO1)c1ccccc1. The van der Waals surface area contributed by atoms with E-state index in [9.17, 15) is 0 Å². The van der Waals surface area contributed by atoms with E-state index in [1.165, 1.54) is 30.4 Å². The lowest BCUT2D eigenvalue weighted by Crippen LogP contribution is -2.36. The van der Waals surface area contributed by atoms with Gasteiger partial charge in [0.05, 0.1) is 5.22 Å². The van der Waals surface area contributed by atoms with Gasteiger partial charge in [-0.05, 0) is 43.7 Å². The Bertz CT molecular complexity index is 377. The molecule has 1 nitrogen and oxygen atoms in total. The van der Waals surface area contributed by atoms with Crippen molar-refractivity contribution in [3.8, 4) is 0 Å². The minimum absolute atomic E-state index is 0.177. The van der Waals surface area contributed by atoms with E-state index >= 15 is 0 Å². The molecule has 92 valence electrons. The molecule has 1 aromatic carbocycles.